The predicted octanol–water partition coefficient (Wildman–Crippen LogP) is 11.5. The Morgan fingerprint density at radius 2 is 1.34 bits per heavy atom. The molecule has 0 aromatic rings. The van der Waals surface area contributed by atoms with Crippen molar-refractivity contribution in [3.05, 3.63) is 81.0 Å². The smallest absolute Gasteiger partial charge is 0.0421 e. The number of hydrogen-bond donors (Lipinski definition) is 0. The van der Waals surface area contributed by atoms with Crippen LogP contribution in [-0.4, -0.2) is 24.5 Å². The molecular formula is C55H65N. The van der Waals surface area contributed by atoms with Gasteiger partial charge in [-0.25, -0.2) is 0 Å². The molecule has 1 saturated heterocycles. The van der Waals surface area contributed by atoms with Crippen molar-refractivity contribution < 1.29 is 0 Å². The van der Waals surface area contributed by atoms with Crippen LogP contribution in [0.15, 0.2) is 81.0 Å². The van der Waals surface area contributed by atoms with Crippen molar-refractivity contribution in [2.24, 2.45) is 129 Å². The van der Waals surface area contributed by atoms with Gasteiger partial charge in [0.1, 0.15) is 0 Å². The minimum absolute atomic E-state index is 0.249. The lowest BCUT2D eigenvalue weighted by molar-refractivity contribution is -0.143. The van der Waals surface area contributed by atoms with Gasteiger partial charge in [0.05, 0.1) is 0 Å². The quantitative estimate of drug-likeness (QED) is 0.151. The van der Waals surface area contributed by atoms with Crippen molar-refractivity contribution in [3.63, 3.8) is 0 Å². The van der Waals surface area contributed by atoms with Crippen LogP contribution in [0.3, 0.4) is 0 Å². The van der Waals surface area contributed by atoms with Gasteiger partial charge in [-0.1, -0.05) is 124 Å². The van der Waals surface area contributed by atoms with Crippen LogP contribution in [0.4, 0.5) is 0 Å². The Labute approximate surface area is 336 Å². The van der Waals surface area contributed by atoms with E-state index in [1.807, 2.05) is 16.7 Å². The van der Waals surface area contributed by atoms with E-state index < -0.39 is 0 Å². The van der Waals surface area contributed by atoms with Crippen molar-refractivity contribution >= 4 is 0 Å². The van der Waals surface area contributed by atoms with Crippen LogP contribution in [0.25, 0.3) is 0 Å². The van der Waals surface area contributed by atoms with Crippen LogP contribution < -0.4 is 0 Å². The minimum atomic E-state index is 0.249. The van der Waals surface area contributed by atoms with Crippen LogP contribution in [0.2, 0.25) is 0 Å². The zero-order valence-electron chi connectivity index (χ0n) is 34.3. The highest BCUT2D eigenvalue weighted by molar-refractivity contribution is 5.78. The zero-order chi connectivity index (χ0) is 35.9. The van der Waals surface area contributed by atoms with Gasteiger partial charge < -0.3 is 4.90 Å². The van der Waals surface area contributed by atoms with Crippen molar-refractivity contribution in [3.8, 4) is 0 Å². The van der Waals surface area contributed by atoms with Gasteiger partial charge in [-0.15, -0.1) is 0 Å². The summed E-state index contributed by atoms with van der Waals surface area (Å²) in [5, 5.41) is 0. The second-order valence-corrected chi connectivity index (χ2v) is 24.3. The standard InChI is InChI=1S/C55H65N/c1-3-4-5-6-7-8-9-10-11-12-13-35-55-34-23-22-33-31-20-18-29-27-16-14-25-26-15-17-28-30-19-21-32(34)43-41(30)46-39(28)37(26)44-36(25)38(27)45-40(29)42(31)52(54(33,55)24-56(35)2)50-48(45)47(44)49(46)51(50)53(43)55/h14,16,18,20,22-23,25-30,35-41,43-44,46-47,49-51,53H,3-13,15,17,19,21,24H2,1-2H3. The Morgan fingerprint density at radius 3 is 2.21 bits per heavy atom. The van der Waals surface area contributed by atoms with Gasteiger partial charge in [0.15, 0.2) is 0 Å². The van der Waals surface area contributed by atoms with Crippen molar-refractivity contribution in [2.45, 2.75) is 109 Å². The van der Waals surface area contributed by atoms with Gasteiger partial charge in [-0.3, -0.25) is 0 Å². The molecule has 1 heteroatoms. The first-order valence-corrected chi connectivity index (χ1v) is 25.4. The van der Waals surface area contributed by atoms with Gasteiger partial charge in [0, 0.05) is 35.3 Å². The Hall–Kier alpha value is -1.86. The second kappa shape index (κ2) is 9.68. The van der Waals surface area contributed by atoms with E-state index in [-0.39, 0.29) is 5.41 Å². The summed E-state index contributed by atoms with van der Waals surface area (Å²) in [4.78, 5) is 3.09. The minimum Gasteiger partial charge on any atom is -0.301 e. The van der Waals surface area contributed by atoms with E-state index in [4.69, 9.17) is 0 Å². The van der Waals surface area contributed by atoms with Crippen LogP contribution in [0, 0.1) is 129 Å². The first kappa shape index (κ1) is 31.1. The monoisotopic (exact) mass is 740 g/mol. The Balaban J connectivity index is 0.885. The number of hydrogen-bond acceptors (Lipinski definition) is 1. The molecule has 1 aliphatic heterocycles. The molecule has 23 atom stereocenters. The SMILES string of the molecule is CCCCCCCCCCCCC1N(C)CC23C4=C5C=CC6C7C5=C2C2C5=C7C7C6C=CC6C8CCC9C%10CCC%11=C(C=C4)C13C1C%11C%10C3C9C8C(C5C3C21)C67. The summed E-state index contributed by atoms with van der Waals surface area (Å²) >= 11 is 0. The fraction of sp³-hybridized carbons (Fsp3) is 0.745. The van der Waals surface area contributed by atoms with Crippen molar-refractivity contribution in [1.82, 2.24) is 4.90 Å². The molecule has 17 rings (SSSR count). The predicted molar refractivity (Wildman–Crippen MR) is 222 cm³/mol. The third-order valence-electron chi connectivity index (χ3n) is 24.1. The van der Waals surface area contributed by atoms with E-state index in [0.717, 1.165) is 124 Å². The van der Waals surface area contributed by atoms with Crippen molar-refractivity contribution in [1.29, 1.82) is 0 Å². The number of fused-ring (bicyclic) bond motifs is 3. The first-order valence-electron chi connectivity index (χ1n) is 25.4. The average molecular weight is 740 g/mol. The van der Waals surface area contributed by atoms with Crippen LogP contribution >= 0.6 is 0 Å². The normalized spacial score (nSPS) is 59.8. The molecule has 17 aliphatic rings. The van der Waals surface area contributed by atoms with Crippen LogP contribution in [0.1, 0.15) is 103 Å². The molecular weight excluding hydrogens is 675 g/mol. The highest BCUT2D eigenvalue weighted by atomic mass is 15.2. The molecule has 2 spiro atoms. The molecule has 1 nitrogen and oxygen atoms in total. The number of allylic oxidation sites excluding steroid dienone is 11. The summed E-state index contributed by atoms with van der Waals surface area (Å²) in [7, 11) is 2.67. The van der Waals surface area contributed by atoms with E-state index >= 15 is 0 Å². The van der Waals surface area contributed by atoms with Gasteiger partial charge >= 0.3 is 0 Å². The molecule has 0 aromatic carbocycles. The molecule has 1 heterocycles. The topological polar surface area (TPSA) is 3.24 Å². The zero-order valence-corrected chi connectivity index (χ0v) is 34.3. The lowest BCUT2D eigenvalue weighted by Gasteiger charge is -2.66. The Kier molecular flexibility index (Phi) is 5.37. The fourth-order valence-electron chi connectivity index (χ4n) is 24.4. The van der Waals surface area contributed by atoms with Gasteiger partial charge in [0.2, 0.25) is 0 Å². The molecule has 10 fully saturated rings. The van der Waals surface area contributed by atoms with Crippen molar-refractivity contribution in [2.75, 3.05) is 13.6 Å². The fourth-order valence-corrected chi connectivity index (χ4v) is 24.4. The maximum atomic E-state index is 3.09. The highest BCUT2D eigenvalue weighted by Crippen LogP contribution is 2.93. The number of likely N-dealkylation sites (tertiary alicyclic amines) is 1. The highest BCUT2D eigenvalue weighted by Gasteiger charge is 2.89. The molecule has 56 heavy (non-hydrogen) atoms. The third kappa shape index (κ3) is 2.74. The van der Waals surface area contributed by atoms with E-state index in [1.54, 1.807) is 24.8 Å². The molecule has 0 N–H and O–H groups in total. The Bertz CT molecular complexity index is 2180. The van der Waals surface area contributed by atoms with E-state index in [9.17, 15) is 0 Å². The molecule has 0 radical (unpaired) electrons. The van der Waals surface area contributed by atoms with Crippen LogP contribution in [0.5, 0.6) is 0 Å². The van der Waals surface area contributed by atoms with E-state index in [1.165, 1.54) is 83.6 Å². The summed E-state index contributed by atoms with van der Waals surface area (Å²) in [5.74, 6) is 19.2. The molecule has 0 aromatic heterocycles. The van der Waals surface area contributed by atoms with Gasteiger partial charge in [0.25, 0.3) is 0 Å². The molecule has 16 aliphatic carbocycles. The first-order chi connectivity index (χ1) is 27.7. The van der Waals surface area contributed by atoms with E-state index in [0.29, 0.717) is 5.41 Å². The summed E-state index contributed by atoms with van der Waals surface area (Å²) in [6.45, 7) is 3.68. The summed E-state index contributed by atoms with van der Waals surface area (Å²) in [6.07, 6.45) is 39.6. The number of nitrogens with zero attached hydrogens (tertiary/aromatic N) is 1. The molecule has 290 valence electrons. The maximum absolute atomic E-state index is 3.09. The molecule has 23 unspecified atom stereocenters. The summed E-state index contributed by atoms with van der Waals surface area (Å²) < 4.78 is 0. The molecule has 0 bridgehead atoms. The number of rotatable bonds is 11. The maximum Gasteiger partial charge on any atom is 0.0421 e. The lowest BCUT2D eigenvalue weighted by Crippen LogP contribution is -2.64. The summed E-state index contributed by atoms with van der Waals surface area (Å²) in [6, 6.07) is 0.732. The number of unbranched alkanes of at least 4 members (excludes halogenated alkanes) is 9. The molecule has 9 saturated carbocycles. The van der Waals surface area contributed by atoms with Gasteiger partial charge in [-0.05, 0) is 174 Å². The lowest BCUT2D eigenvalue weighted by atomic mass is 9.36. The summed E-state index contributed by atoms with van der Waals surface area (Å²) in [5.41, 5.74) is 16.9. The average Bonchev–Trinajstić information content (AvgIpc) is 4.05. The second-order valence-electron chi connectivity index (χ2n) is 24.3. The van der Waals surface area contributed by atoms with Crippen LogP contribution in [-0.2, 0) is 0 Å². The van der Waals surface area contributed by atoms with Gasteiger partial charge in [-0.2, -0.15) is 0 Å². The van der Waals surface area contributed by atoms with E-state index in [2.05, 4.69) is 77.6 Å². The molecule has 0 amide bonds. The third-order valence-corrected chi connectivity index (χ3v) is 24.1. The largest absolute Gasteiger partial charge is 0.301 e. The Morgan fingerprint density at radius 1 is 0.607 bits per heavy atom.